The predicted molar refractivity (Wildman–Crippen MR) is 50.8 cm³/mol. The normalized spacial score (nSPS) is 14.0. The number of hydrogen-bond donors (Lipinski definition) is 1. The van der Waals surface area contributed by atoms with Gasteiger partial charge in [-0.05, 0) is 6.92 Å². The third kappa shape index (κ3) is 1.78. The first kappa shape index (κ1) is 11.1. The van der Waals surface area contributed by atoms with E-state index in [1.54, 1.807) is 0 Å². The second kappa shape index (κ2) is 4.04. The fourth-order valence-corrected chi connectivity index (χ4v) is 1.10. The average molecular weight is 209 g/mol. The van der Waals surface area contributed by atoms with Crippen LogP contribution in [0.1, 0.15) is 12.6 Å². The molecule has 0 spiro atoms. The maximum absolute atomic E-state index is 11.2. The molecule has 0 bridgehead atoms. The highest BCUT2D eigenvalue weighted by atomic mass is 16.4. The van der Waals surface area contributed by atoms with Crippen LogP contribution in [0.15, 0.2) is 18.6 Å². The number of carbonyl (C=O) groups excluding carboxylic acids is 1. The second-order valence-electron chi connectivity index (χ2n) is 3.18. The Kier molecular flexibility index (Phi) is 2.99. The van der Waals surface area contributed by atoms with Crippen LogP contribution in [0.25, 0.3) is 0 Å². The fraction of sp³-hybridized carbons (Fsp3) is 0.333. The van der Waals surface area contributed by atoms with E-state index in [9.17, 15) is 9.59 Å². The summed E-state index contributed by atoms with van der Waals surface area (Å²) in [5.41, 5.74) is -1.28. The molecule has 1 N–H and O–H groups in total. The Morgan fingerprint density at radius 2 is 2.27 bits per heavy atom. The first-order valence-corrected chi connectivity index (χ1v) is 4.21. The quantitative estimate of drug-likeness (QED) is 0.698. The summed E-state index contributed by atoms with van der Waals surface area (Å²) in [5, 5.41) is 9.12. The summed E-state index contributed by atoms with van der Waals surface area (Å²) >= 11 is 0. The van der Waals surface area contributed by atoms with E-state index in [1.807, 2.05) is 0 Å². The van der Waals surface area contributed by atoms with Crippen LogP contribution in [0.2, 0.25) is 0 Å². The van der Waals surface area contributed by atoms with Gasteiger partial charge >= 0.3 is 5.97 Å². The van der Waals surface area contributed by atoms with Gasteiger partial charge in [-0.3, -0.25) is 14.8 Å². The van der Waals surface area contributed by atoms with Gasteiger partial charge in [-0.2, -0.15) is 0 Å². The van der Waals surface area contributed by atoms with E-state index >= 15 is 0 Å². The molecular weight excluding hydrogens is 198 g/mol. The molecule has 0 aliphatic rings. The zero-order valence-corrected chi connectivity index (χ0v) is 8.41. The van der Waals surface area contributed by atoms with Crippen LogP contribution in [0.3, 0.4) is 0 Å². The summed E-state index contributed by atoms with van der Waals surface area (Å²) in [6.07, 6.45) is 4.60. The van der Waals surface area contributed by atoms with E-state index in [0.717, 1.165) is 4.90 Å². The number of aliphatic carboxylic acids is 1. The molecule has 15 heavy (non-hydrogen) atoms. The lowest BCUT2D eigenvalue weighted by Gasteiger charge is -2.30. The lowest BCUT2D eigenvalue weighted by Crippen LogP contribution is -2.47. The van der Waals surface area contributed by atoms with Crippen molar-refractivity contribution < 1.29 is 14.7 Å². The number of rotatable bonds is 4. The van der Waals surface area contributed by atoms with Crippen molar-refractivity contribution in [2.45, 2.75) is 12.5 Å². The van der Waals surface area contributed by atoms with Crippen molar-refractivity contribution in [3.05, 3.63) is 24.3 Å². The van der Waals surface area contributed by atoms with Gasteiger partial charge < -0.3 is 10.0 Å². The maximum Gasteiger partial charge on any atom is 0.335 e. The molecule has 80 valence electrons. The second-order valence-corrected chi connectivity index (χ2v) is 3.18. The Balaban J connectivity index is 3.24. The van der Waals surface area contributed by atoms with Crippen LogP contribution in [-0.4, -0.2) is 39.4 Å². The number of amides is 1. The van der Waals surface area contributed by atoms with Crippen molar-refractivity contribution in [2.75, 3.05) is 7.05 Å². The monoisotopic (exact) mass is 209 g/mol. The fourth-order valence-electron chi connectivity index (χ4n) is 1.10. The SMILES string of the molecule is CN(C=O)C(C)(C(=O)O)c1cnccn1. The Hall–Kier alpha value is -1.98. The van der Waals surface area contributed by atoms with Crippen molar-refractivity contribution >= 4 is 12.4 Å². The number of carbonyl (C=O) groups is 2. The van der Waals surface area contributed by atoms with Crippen LogP contribution in [0.4, 0.5) is 0 Å². The minimum Gasteiger partial charge on any atom is -0.479 e. The van der Waals surface area contributed by atoms with Gasteiger partial charge in [0.2, 0.25) is 6.41 Å². The van der Waals surface area contributed by atoms with Crippen LogP contribution in [-0.2, 0) is 15.1 Å². The highest BCUT2D eigenvalue weighted by molar-refractivity contribution is 5.81. The molecule has 1 atom stereocenters. The zero-order chi connectivity index (χ0) is 11.5. The number of carboxylic acid groups (broad SMARTS) is 1. The van der Waals surface area contributed by atoms with E-state index in [1.165, 1.54) is 32.6 Å². The van der Waals surface area contributed by atoms with Gasteiger partial charge in [0, 0.05) is 19.4 Å². The number of carboxylic acids is 1. The van der Waals surface area contributed by atoms with E-state index in [-0.39, 0.29) is 5.69 Å². The summed E-state index contributed by atoms with van der Waals surface area (Å²) in [5.74, 6) is -1.15. The van der Waals surface area contributed by atoms with Gasteiger partial charge in [-0.15, -0.1) is 0 Å². The third-order valence-electron chi connectivity index (χ3n) is 2.34. The third-order valence-corrected chi connectivity index (χ3v) is 2.34. The predicted octanol–water partition coefficient (Wildman–Crippen LogP) is -0.135. The molecular formula is C9H11N3O3. The van der Waals surface area contributed by atoms with Crippen LogP contribution in [0, 0.1) is 0 Å². The first-order valence-electron chi connectivity index (χ1n) is 4.21. The Morgan fingerprint density at radius 3 is 2.67 bits per heavy atom. The van der Waals surface area contributed by atoms with Gasteiger partial charge in [0.15, 0.2) is 5.54 Å². The summed E-state index contributed by atoms with van der Waals surface area (Å²) in [4.78, 5) is 30.5. The molecule has 0 aliphatic carbocycles. The topological polar surface area (TPSA) is 83.4 Å². The van der Waals surface area contributed by atoms with Gasteiger partial charge in [0.1, 0.15) is 0 Å². The van der Waals surface area contributed by atoms with E-state index in [2.05, 4.69) is 9.97 Å². The van der Waals surface area contributed by atoms with E-state index in [0.29, 0.717) is 6.41 Å². The minimum absolute atomic E-state index is 0.215. The molecule has 1 rings (SSSR count). The highest BCUT2D eigenvalue weighted by Crippen LogP contribution is 2.23. The molecule has 6 heteroatoms. The molecule has 1 unspecified atom stereocenters. The molecule has 0 radical (unpaired) electrons. The maximum atomic E-state index is 11.2. The van der Waals surface area contributed by atoms with Crippen molar-refractivity contribution in [2.24, 2.45) is 0 Å². The van der Waals surface area contributed by atoms with E-state index < -0.39 is 11.5 Å². The van der Waals surface area contributed by atoms with Crippen LogP contribution < -0.4 is 0 Å². The number of aromatic nitrogens is 2. The molecule has 0 fully saturated rings. The first-order chi connectivity index (χ1) is 7.03. The number of likely N-dealkylation sites (N-methyl/N-ethyl adjacent to an activating group) is 1. The average Bonchev–Trinajstić information content (AvgIpc) is 2.27. The van der Waals surface area contributed by atoms with Crippen LogP contribution >= 0.6 is 0 Å². The molecule has 6 nitrogen and oxygen atoms in total. The Labute approximate surface area is 86.6 Å². The van der Waals surface area contributed by atoms with Gasteiger partial charge in [-0.25, -0.2) is 4.79 Å². The van der Waals surface area contributed by atoms with Crippen molar-refractivity contribution in [3.63, 3.8) is 0 Å². The Morgan fingerprint density at radius 1 is 1.60 bits per heavy atom. The molecule has 1 heterocycles. The summed E-state index contributed by atoms with van der Waals surface area (Å²) in [6, 6.07) is 0. The lowest BCUT2D eigenvalue weighted by atomic mass is 9.97. The Bertz CT molecular complexity index is 368. The van der Waals surface area contributed by atoms with Crippen molar-refractivity contribution in [1.82, 2.24) is 14.9 Å². The summed E-state index contributed by atoms with van der Waals surface area (Å²) in [6.45, 7) is 1.40. The van der Waals surface area contributed by atoms with Crippen LogP contribution in [0.5, 0.6) is 0 Å². The van der Waals surface area contributed by atoms with Gasteiger partial charge in [0.25, 0.3) is 0 Å². The highest BCUT2D eigenvalue weighted by Gasteiger charge is 2.40. The summed E-state index contributed by atoms with van der Waals surface area (Å²) in [7, 11) is 1.38. The van der Waals surface area contributed by atoms with Crippen molar-refractivity contribution in [3.8, 4) is 0 Å². The molecule has 1 aromatic heterocycles. The van der Waals surface area contributed by atoms with Crippen molar-refractivity contribution in [1.29, 1.82) is 0 Å². The molecule has 1 amide bonds. The standard InChI is InChI=1S/C9H11N3O3/c1-9(8(14)15,12(2)6-13)7-5-10-3-4-11-7/h3-6H,1-2H3,(H,14,15). The largest absolute Gasteiger partial charge is 0.479 e. The molecule has 1 aromatic rings. The van der Waals surface area contributed by atoms with E-state index in [4.69, 9.17) is 5.11 Å². The number of nitrogens with zero attached hydrogens (tertiary/aromatic N) is 3. The summed E-state index contributed by atoms with van der Waals surface area (Å²) < 4.78 is 0. The smallest absolute Gasteiger partial charge is 0.335 e. The molecule has 0 aliphatic heterocycles. The number of hydrogen-bond acceptors (Lipinski definition) is 4. The molecule has 0 saturated heterocycles. The van der Waals surface area contributed by atoms with Gasteiger partial charge in [0.05, 0.1) is 11.9 Å². The molecule has 0 aromatic carbocycles. The zero-order valence-electron chi connectivity index (χ0n) is 8.41. The van der Waals surface area contributed by atoms with Gasteiger partial charge in [-0.1, -0.05) is 0 Å². The lowest BCUT2D eigenvalue weighted by molar-refractivity contribution is -0.153. The molecule has 0 saturated carbocycles. The minimum atomic E-state index is -1.49.